The lowest BCUT2D eigenvalue weighted by atomic mass is 10.1. The van der Waals surface area contributed by atoms with Crippen molar-refractivity contribution >= 4 is 5.97 Å². The molecule has 0 amide bonds. The quantitative estimate of drug-likeness (QED) is 0.646. The van der Waals surface area contributed by atoms with Crippen LogP contribution in [0.25, 0.3) is 0 Å². The fourth-order valence-electron chi connectivity index (χ4n) is 1.74. The van der Waals surface area contributed by atoms with Gasteiger partial charge in [-0.1, -0.05) is 0 Å². The largest absolute Gasteiger partial charge is 0.477 e. The molecule has 76 valence electrons. The van der Waals surface area contributed by atoms with Crippen LogP contribution >= 0.6 is 0 Å². The molecule has 0 aromatic carbocycles. The summed E-state index contributed by atoms with van der Waals surface area (Å²) in [5.74, 6) is 0.409. The minimum absolute atomic E-state index is 0.172. The number of aromatic carboxylic acids is 1. The zero-order valence-corrected chi connectivity index (χ0v) is 7.79. The Balaban J connectivity index is 1.98. The Morgan fingerprint density at radius 1 is 1.71 bits per heavy atom. The Bertz CT molecular complexity index is 329. The number of carboxylic acid groups (broad SMARTS) is 1. The number of hydrogen-bond donors (Lipinski definition) is 3. The van der Waals surface area contributed by atoms with Gasteiger partial charge in [-0.05, 0) is 25.4 Å². The Morgan fingerprint density at radius 2 is 2.57 bits per heavy atom. The van der Waals surface area contributed by atoms with E-state index in [4.69, 9.17) is 5.11 Å². The Hall–Kier alpha value is -1.36. The van der Waals surface area contributed by atoms with Gasteiger partial charge >= 0.3 is 5.97 Å². The van der Waals surface area contributed by atoms with Gasteiger partial charge < -0.3 is 15.4 Å². The molecule has 14 heavy (non-hydrogen) atoms. The molecular weight excluding hydrogens is 182 g/mol. The standard InChI is InChI=1S/C9H13N3O2/c13-9(14)7-5-11-8(12-7)3-6-1-2-10-4-6/h5-6,10H,1-4H2,(H,11,12)(H,13,14). The first-order valence-electron chi connectivity index (χ1n) is 4.73. The SMILES string of the molecule is O=C(O)c1cnc(CC2CCNC2)[nH]1. The number of rotatable bonds is 3. The summed E-state index contributed by atoms with van der Waals surface area (Å²) >= 11 is 0. The summed E-state index contributed by atoms with van der Waals surface area (Å²) in [4.78, 5) is 17.4. The van der Waals surface area contributed by atoms with Crippen LogP contribution in [0, 0.1) is 5.92 Å². The van der Waals surface area contributed by atoms with E-state index in [1.807, 2.05) is 0 Å². The highest BCUT2D eigenvalue weighted by Gasteiger charge is 2.17. The second-order valence-electron chi connectivity index (χ2n) is 3.61. The van der Waals surface area contributed by atoms with Crippen LogP contribution in [0.3, 0.4) is 0 Å². The summed E-state index contributed by atoms with van der Waals surface area (Å²) in [6.45, 7) is 2.06. The first-order valence-corrected chi connectivity index (χ1v) is 4.73. The van der Waals surface area contributed by atoms with E-state index in [0.29, 0.717) is 5.92 Å². The topological polar surface area (TPSA) is 78.0 Å². The maximum atomic E-state index is 10.6. The molecule has 1 aliphatic heterocycles. The lowest BCUT2D eigenvalue weighted by Gasteiger charge is -2.03. The van der Waals surface area contributed by atoms with E-state index >= 15 is 0 Å². The highest BCUT2D eigenvalue weighted by Crippen LogP contribution is 2.12. The third-order valence-electron chi connectivity index (χ3n) is 2.50. The number of nitrogens with zero attached hydrogens (tertiary/aromatic N) is 1. The summed E-state index contributed by atoms with van der Waals surface area (Å²) in [7, 11) is 0. The number of nitrogens with one attached hydrogen (secondary N) is 2. The molecule has 1 fully saturated rings. The number of carbonyl (C=O) groups is 1. The van der Waals surface area contributed by atoms with Crippen molar-refractivity contribution in [2.24, 2.45) is 5.92 Å². The number of H-pyrrole nitrogens is 1. The Labute approximate surface area is 81.5 Å². The van der Waals surface area contributed by atoms with E-state index in [1.165, 1.54) is 6.20 Å². The smallest absolute Gasteiger partial charge is 0.353 e. The predicted octanol–water partition coefficient (Wildman–Crippen LogP) is 0.260. The molecule has 0 saturated carbocycles. The minimum atomic E-state index is -0.951. The van der Waals surface area contributed by atoms with Crippen LogP contribution in [0.4, 0.5) is 0 Å². The van der Waals surface area contributed by atoms with Gasteiger partial charge in [0.25, 0.3) is 0 Å². The van der Waals surface area contributed by atoms with Gasteiger partial charge in [0, 0.05) is 6.42 Å². The van der Waals surface area contributed by atoms with Gasteiger partial charge in [-0.15, -0.1) is 0 Å². The van der Waals surface area contributed by atoms with Crippen LogP contribution in [-0.2, 0) is 6.42 Å². The molecule has 2 rings (SSSR count). The molecule has 5 nitrogen and oxygen atoms in total. The van der Waals surface area contributed by atoms with Gasteiger partial charge in [-0.2, -0.15) is 0 Å². The molecule has 5 heteroatoms. The first-order chi connectivity index (χ1) is 6.75. The van der Waals surface area contributed by atoms with E-state index < -0.39 is 5.97 Å². The van der Waals surface area contributed by atoms with Crippen molar-refractivity contribution in [3.63, 3.8) is 0 Å². The van der Waals surface area contributed by atoms with Crippen molar-refractivity contribution in [3.8, 4) is 0 Å². The van der Waals surface area contributed by atoms with Crippen LogP contribution in [-0.4, -0.2) is 34.1 Å². The minimum Gasteiger partial charge on any atom is -0.477 e. The third-order valence-corrected chi connectivity index (χ3v) is 2.50. The van der Waals surface area contributed by atoms with E-state index in [2.05, 4.69) is 15.3 Å². The fourth-order valence-corrected chi connectivity index (χ4v) is 1.74. The summed E-state index contributed by atoms with van der Waals surface area (Å²) in [5.41, 5.74) is 0.172. The number of aromatic amines is 1. The van der Waals surface area contributed by atoms with Crippen LogP contribution < -0.4 is 5.32 Å². The molecule has 0 spiro atoms. The fraction of sp³-hybridized carbons (Fsp3) is 0.556. The molecule has 0 aliphatic carbocycles. The molecule has 0 radical (unpaired) electrons. The maximum Gasteiger partial charge on any atom is 0.353 e. The molecule has 1 aromatic heterocycles. The summed E-state index contributed by atoms with van der Waals surface area (Å²) < 4.78 is 0. The Kier molecular flexibility index (Phi) is 2.49. The third kappa shape index (κ3) is 1.93. The number of carboxylic acids is 1. The second kappa shape index (κ2) is 3.79. The molecule has 1 unspecified atom stereocenters. The highest BCUT2D eigenvalue weighted by atomic mass is 16.4. The van der Waals surface area contributed by atoms with Crippen LogP contribution in [0.5, 0.6) is 0 Å². The van der Waals surface area contributed by atoms with Crippen molar-refractivity contribution in [1.29, 1.82) is 0 Å². The lowest BCUT2D eigenvalue weighted by molar-refractivity contribution is 0.0691. The van der Waals surface area contributed by atoms with Crippen LogP contribution in [0.1, 0.15) is 22.7 Å². The summed E-state index contributed by atoms with van der Waals surface area (Å²) in [6.07, 6.45) is 3.35. The zero-order chi connectivity index (χ0) is 9.97. The normalized spacial score (nSPS) is 21.3. The van der Waals surface area contributed by atoms with E-state index in [9.17, 15) is 4.79 Å². The molecule has 3 N–H and O–H groups in total. The van der Waals surface area contributed by atoms with Crippen molar-refractivity contribution < 1.29 is 9.90 Å². The van der Waals surface area contributed by atoms with Gasteiger partial charge in [0.05, 0.1) is 6.20 Å². The Morgan fingerprint density at radius 3 is 3.14 bits per heavy atom. The van der Waals surface area contributed by atoms with E-state index in [0.717, 1.165) is 31.8 Å². The first kappa shape index (κ1) is 9.21. The highest BCUT2D eigenvalue weighted by molar-refractivity contribution is 5.84. The van der Waals surface area contributed by atoms with Crippen molar-refractivity contribution in [3.05, 3.63) is 17.7 Å². The van der Waals surface area contributed by atoms with Gasteiger partial charge in [-0.25, -0.2) is 9.78 Å². The number of hydrogen-bond acceptors (Lipinski definition) is 3. The number of imidazole rings is 1. The van der Waals surface area contributed by atoms with Crippen molar-refractivity contribution in [2.45, 2.75) is 12.8 Å². The molecule has 2 heterocycles. The predicted molar refractivity (Wildman–Crippen MR) is 50.2 cm³/mol. The summed E-state index contributed by atoms with van der Waals surface area (Å²) in [6, 6.07) is 0. The lowest BCUT2D eigenvalue weighted by Crippen LogP contribution is -2.11. The maximum absolute atomic E-state index is 10.6. The molecular formula is C9H13N3O2. The second-order valence-corrected chi connectivity index (χ2v) is 3.61. The molecule has 1 aliphatic rings. The molecule has 0 bridgehead atoms. The average Bonchev–Trinajstić information content (AvgIpc) is 2.75. The monoisotopic (exact) mass is 195 g/mol. The molecule has 1 saturated heterocycles. The van der Waals surface area contributed by atoms with Gasteiger partial charge in [-0.3, -0.25) is 0 Å². The number of aromatic nitrogens is 2. The van der Waals surface area contributed by atoms with Gasteiger partial charge in [0.15, 0.2) is 0 Å². The molecule has 1 atom stereocenters. The molecule has 1 aromatic rings. The van der Waals surface area contributed by atoms with E-state index in [1.54, 1.807) is 0 Å². The zero-order valence-electron chi connectivity index (χ0n) is 7.79. The van der Waals surface area contributed by atoms with E-state index in [-0.39, 0.29) is 5.69 Å². The van der Waals surface area contributed by atoms with Crippen molar-refractivity contribution in [1.82, 2.24) is 15.3 Å². The summed E-state index contributed by atoms with van der Waals surface area (Å²) in [5, 5.41) is 11.9. The van der Waals surface area contributed by atoms with Gasteiger partial charge in [0.2, 0.25) is 0 Å². The average molecular weight is 195 g/mol. The van der Waals surface area contributed by atoms with Crippen LogP contribution in [0.2, 0.25) is 0 Å². The van der Waals surface area contributed by atoms with Crippen molar-refractivity contribution in [2.75, 3.05) is 13.1 Å². The van der Waals surface area contributed by atoms with Gasteiger partial charge in [0.1, 0.15) is 11.5 Å². The van der Waals surface area contributed by atoms with Crippen LogP contribution in [0.15, 0.2) is 6.20 Å².